The minimum atomic E-state index is -0.379. The summed E-state index contributed by atoms with van der Waals surface area (Å²) >= 11 is 6.03. The number of benzene rings is 2. The van der Waals surface area contributed by atoms with E-state index in [0.717, 1.165) is 16.7 Å². The Morgan fingerprint density at radius 2 is 2.04 bits per heavy atom. The molecule has 3 aromatic rings. The lowest BCUT2D eigenvalue weighted by molar-refractivity contribution is 0.102. The van der Waals surface area contributed by atoms with Gasteiger partial charge in [-0.1, -0.05) is 35.4 Å². The number of carbonyl (C=O) groups is 1. The molecule has 2 aromatic carbocycles. The maximum absolute atomic E-state index is 13.1. The summed E-state index contributed by atoms with van der Waals surface area (Å²) in [5, 5.41) is 7.40. The van der Waals surface area contributed by atoms with Crippen LogP contribution < -0.4 is 5.32 Å². The van der Waals surface area contributed by atoms with Gasteiger partial charge in [0, 0.05) is 16.8 Å². The average molecular weight is 358 g/mol. The first-order valence-electron chi connectivity index (χ1n) is 7.77. The first-order chi connectivity index (χ1) is 11.9. The van der Waals surface area contributed by atoms with Gasteiger partial charge in [0.15, 0.2) is 0 Å². The molecule has 128 valence electrons. The predicted molar refractivity (Wildman–Crippen MR) is 96.6 cm³/mol. The molecule has 1 aromatic heterocycles. The van der Waals surface area contributed by atoms with Gasteiger partial charge in [-0.15, -0.1) is 0 Å². The van der Waals surface area contributed by atoms with Crippen LogP contribution >= 0.6 is 11.6 Å². The summed E-state index contributed by atoms with van der Waals surface area (Å²) in [6, 6.07) is 9.99. The van der Waals surface area contributed by atoms with Crippen molar-refractivity contribution in [2.45, 2.75) is 20.4 Å². The Hall–Kier alpha value is -2.66. The molecular weight excluding hydrogens is 341 g/mol. The summed E-state index contributed by atoms with van der Waals surface area (Å²) in [6.45, 7) is 4.23. The number of halogens is 2. The van der Waals surface area contributed by atoms with Gasteiger partial charge in [0.05, 0.1) is 18.4 Å². The molecule has 0 atom stereocenters. The fraction of sp³-hybridized carbons (Fsp3) is 0.158. The van der Waals surface area contributed by atoms with Crippen molar-refractivity contribution in [3.05, 3.63) is 81.9 Å². The standard InChI is InChI=1S/C19H17ClFN3O/c1-12-3-4-13(2)17(7-12)19(25)23-16-9-22-24(11-16)10-14-5-6-15(21)8-18(14)20/h3-9,11H,10H2,1-2H3,(H,23,25). The zero-order valence-electron chi connectivity index (χ0n) is 13.9. The number of aromatic nitrogens is 2. The van der Waals surface area contributed by atoms with Crippen LogP contribution in [0.5, 0.6) is 0 Å². The molecule has 0 saturated heterocycles. The summed E-state index contributed by atoms with van der Waals surface area (Å²) in [4.78, 5) is 12.4. The summed E-state index contributed by atoms with van der Waals surface area (Å²) < 4.78 is 14.7. The van der Waals surface area contributed by atoms with E-state index in [9.17, 15) is 9.18 Å². The van der Waals surface area contributed by atoms with Crippen molar-refractivity contribution in [1.29, 1.82) is 0 Å². The van der Waals surface area contributed by atoms with E-state index in [-0.39, 0.29) is 11.7 Å². The van der Waals surface area contributed by atoms with Gasteiger partial charge in [-0.25, -0.2) is 4.39 Å². The molecule has 6 heteroatoms. The van der Waals surface area contributed by atoms with Crippen molar-refractivity contribution in [2.75, 3.05) is 5.32 Å². The van der Waals surface area contributed by atoms with E-state index in [1.165, 1.54) is 12.1 Å². The van der Waals surface area contributed by atoms with Crippen molar-refractivity contribution in [1.82, 2.24) is 9.78 Å². The van der Waals surface area contributed by atoms with Crippen molar-refractivity contribution in [2.24, 2.45) is 0 Å². The zero-order valence-corrected chi connectivity index (χ0v) is 14.6. The lowest BCUT2D eigenvalue weighted by Crippen LogP contribution is -2.13. The minimum Gasteiger partial charge on any atom is -0.319 e. The monoisotopic (exact) mass is 357 g/mol. The Labute approximate surface area is 150 Å². The molecule has 25 heavy (non-hydrogen) atoms. The van der Waals surface area contributed by atoms with Gasteiger partial charge in [-0.2, -0.15) is 5.10 Å². The number of carbonyl (C=O) groups excluding carboxylic acids is 1. The Morgan fingerprint density at radius 3 is 2.80 bits per heavy atom. The molecule has 0 fully saturated rings. The molecule has 0 bridgehead atoms. The van der Waals surface area contributed by atoms with Crippen molar-refractivity contribution in [3.8, 4) is 0 Å². The van der Waals surface area contributed by atoms with E-state index in [2.05, 4.69) is 10.4 Å². The number of hydrogen-bond acceptors (Lipinski definition) is 2. The summed E-state index contributed by atoms with van der Waals surface area (Å²) in [6.07, 6.45) is 3.28. The molecule has 0 aliphatic heterocycles. The summed E-state index contributed by atoms with van der Waals surface area (Å²) in [5.74, 6) is -0.559. The lowest BCUT2D eigenvalue weighted by atomic mass is 10.1. The van der Waals surface area contributed by atoms with E-state index >= 15 is 0 Å². The number of amides is 1. The maximum Gasteiger partial charge on any atom is 0.256 e. The van der Waals surface area contributed by atoms with E-state index in [1.807, 2.05) is 32.0 Å². The number of nitrogens with one attached hydrogen (secondary N) is 1. The number of rotatable bonds is 4. The van der Waals surface area contributed by atoms with Gasteiger partial charge in [0.1, 0.15) is 5.82 Å². The fourth-order valence-electron chi connectivity index (χ4n) is 2.52. The van der Waals surface area contributed by atoms with Crippen LogP contribution in [-0.4, -0.2) is 15.7 Å². The minimum absolute atomic E-state index is 0.180. The van der Waals surface area contributed by atoms with Crippen LogP contribution in [0.2, 0.25) is 5.02 Å². The molecule has 0 unspecified atom stereocenters. The second-order valence-corrected chi connectivity index (χ2v) is 6.34. The maximum atomic E-state index is 13.1. The molecule has 0 radical (unpaired) electrons. The van der Waals surface area contributed by atoms with E-state index in [1.54, 1.807) is 23.1 Å². The van der Waals surface area contributed by atoms with Crippen molar-refractivity contribution >= 4 is 23.2 Å². The highest BCUT2D eigenvalue weighted by atomic mass is 35.5. The number of anilines is 1. The van der Waals surface area contributed by atoms with Crippen LogP contribution in [0.15, 0.2) is 48.8 Å². The largest absolute Gasteiger partial charge is 0.319 e. The lowest BCUT2D eigenvalue weighted by Gasteiger charge is -2.07. The molecule has 3 rings (SSSR count). The number of nitrogens with zero attached hydrogens (tertiary/aromatic N) is 2. The van der Waals surface area contributed by atoms with Crippen LogP contribution in [0.1, 0.15) is 27.0 Å². The Kier molecular flexibility index (Phi) is 4.86. The molecule has 0 saturated carbocycles. The van der Waals surface area contributed by atoms with Crippen LogP contribution in [0.4, 0.5) is 10.1 Å². The van der Waals surface area contributed by atoms with Gasteiger partial charge < -0.3 is 5.32 Å². The van der Waals surface area contributed by atoms with Crippen LogP contribution in [0.25, 0.3) is 0 Å². The third kappa shape index (κ3) is 4.06. The Bertz CT molecular complexity index is 936. The Morgan fingerprint density at radius 1 is 1.24 bits per heavy atom. The van der Waals surface area contributed by atoms with E-state index in [0.29, 0.717) is 22.8 Å². The molecule has 1 amide bonds. The number of aryl methyl sites for hydroxylation is 2. The van der Waals surface area contributed by atoms with Gasteiger partial charge in [-0.05, 0) is 43.2 Å². The van der Waals surface area contributed by atoms with Crippen LogP contribution in [0, 0.1) is 19.7 Å². The van der Waals surface area contributed by atoms with Crippen molar-refractivity contribution in [3.63, 3.8) is 0 Å². The first kappa shape index (κ1) is 17.2. The third-order valence-electron chi connectivity index (χ3n) is 3.88. The van der Waals surface area contributed by atoms with E-state index in [4.69, 9.17) is 11.6 Å². The summed E-state index contributed by atoms with van der Waals surface area (Å²) in [7, 11) is 0. The molecule has 0 aliphatic carbocycles. The highest BCUT2D eigenvalue weighted by Gasteiger charge is 2.11. The zero-order chi connectivity index (χ0) is 18.0. The normalized spacial score (nSPS) is 10.7. The van der Waals surface area contributed by atoms with Gasteiger partial charge >= 0.3 is 0 Å². The third-order valence-corrected chi connectivity index (χ3v) is 4.23. The smallest absolute Gasteiger partial charge is 0.256 e. The van der Waals surface area contributed by atoms with Gasteiger partial charge in [0.2, 0.25) is 0 Å². The van der Waals surface area contributed by atoms with E-state index < -0.39 is 0 Å². The molecule has 0 spiro atoms. The van der Waals surface area contributed by atoms with Crippen LogP contribution in [0.3, 0.4) is 0 Å². The van der Waals surface area contributed by atoms with Gasteiger partial charge in [0.25, 0.3) is 5.91 Å². The van der Waals surface area contributed by atoms with Crippen LogP contribution in [-0.2, 0) is 6.54 Å². The van der Waals surface area contributed by atoms with Crippen molar-refractivity contribution < 1.29 is 9.18 Å². The average Bonchev–Trinajstić information content (AvgIpc) is 2.99. The molecule has 0 aliphatic rings. The summed E-state index contributed by atoms with van der Waals surface area (Å²) in [5.41, 5.74) is 3.91. The fourth-order valence-corrected chi connectivity index (χ4v) is 2.74. The highest BCUT2D eigenvalue weighted by molar-refractivity contribution is 6.31. The second kappa shape index (κ2) is 7.07. The molecule has 1 N–H and O–H groups in total. The predicted octanol–water partition coefficient (Wildman–Crippen LogP) is 4.59. The molecule has 1 heterocycles. The number of hydrogen-bond donors (Lipinski definition) is 1. The quantitative estimate of drug-likeness (QED) is 0.742. The SMILES string of the molecule is Cc1ccc(C)c(C(=O)Nc2cnn(Cc3ccc(F)cc3Cl)c2)c1. The topological polar surface area (TPSA) is 46.9 Å². The highest BCUT2D eigenvalue weighted by Crippen LogP contribution is 2.19. The Balaban J connectivity index is 1.73. The first-order valence-corrected chi connectivity index (χ1v) is 8.15. The molecule has 4 nitrogen and oxygen atoms in total. The molecular formula is C19H17ClFN3O. The van der Waals surface area contributed by atoms with Gasteiger partial charge in [-0.3, -0.25) is 9.48 Å². The second-order valence-electron chi connectivity index (χ2n) is 5.93.